The molecule has 3 nitrogen and oxygen atoms in total. The van der Waals surface area contributed by atoms with E-state index in [4.69, 9.17) is 5.10 Å². The minimum atomic E-state index is 0.346. The summed E-state index contributed by atoms with van der Waals surface area (Å²) in [5.74, 6) is 0. The molecule has 0 saturated heterocycles. The second-order valence-electron chi connectivity index (χ2n) is 5.88. The molecule has 18 heavy (non-hydrogen) atoms. The van der Waals surface area contributed by atoms with Gasteiger partial charge in [0.15, 0.2) is 0 Å². The van der Waals surface area contributed by atoms with Crippen molar-refractivity contribution in [3.63, 3.8) is 0 Å². The molecule has 1 aromatic heterocycles. The van der Waals surface area contributed by atoms with Gasteiger partial charge in [-0.25, -0.2) is 0 Å². The Labute approximate surface area is 111 Å². The summed E-state index contributed by atoms with van der Waals surface area (Å²) in [6, 6.07) is 2.71. The van der Waals surface area contributed by atoms with Crippen LogP contribution in [0.4, 0.5) is 0 Å². The first-order valence-electron chi connectivity index (χ1n) is 7.46. The Morgan fingerprint density at radius 3 is 2.61 bits per heavy atom. The molecule has 1 aliphatic carbocycles. The molecule has 0 spiro atoms. The molecule has 1 fully saturated rings. The van der Waals surface area contributed by atoms with Crippen molar-refractivity contribution in [2.24, 2.45) is 0 Å². The molecule has 0 amide bonds. The van der Waals surface area contributed by atoms with Gasteiger partial charge in [0.05, 0.1) is 11.7 Å². The van der Waals surface area contributed by atoms with Crippen LogP contribution in [0, 0.1) is 0 Å². The van der Waals surface area contributed by atoms with E-state index in [1.165, 1.54) is 31.4 Å². The first kappa shape index (κ1) is 13.6. The lowest BCUT2D eigenvalue weighted by Crippen LogP contribution is -2.38. The molecular weight excluding hydrogens is 222 g/mol. The van der Waals surface area contributed by atoms with Crippen LogP contribution in [0.15, 0.2) is 12.3 Å². The molecule has 1 N–H and O–H groups in total. The fourth-order valence-corrected chi connectivity index (χ4v) is 2.97. The summed E-state index contributed by atoms with van der Waals surface area (Å²) in [5, 5.41) is 8.39. The van der Waals surface area contributed by atoms with Gasteiger partial charge >= 0.3 is 0 Å². The van der Waals surface area contributed by atoms with Crippen molar-refractivity contribution >= 4 is 0 Å². The van der Waals surface area contributed by atoms with Crippen LogP contribution in [0.25, 0.3) is 0 Å². The van der Waals surface area contributed by atoms with Crippen LogP contribution < -0.4 is 5.32 Å². The Hall–Kier alpha value is -0.830. The van der Waals surface area contributed by atoms with Crippen molar-refractivity contribution in [2.75, 3.05) is 0 Å². The Morgan fingerprint density at radius 1 is 1.33 bits per heavy atom. The number of aromatic nitrogens is 2. The zero-order valence-corrected chi connectivity index (χ0v) is 12.1. The fraction of sp³-hybridized carbons (Fsp3) is 0.800. The number of nitrogens with zero attached hydrogens (tertiary/aromatic N) is 2. The minimum absolute atomic E-state index is 0.346. The van der Waals surface area contributed by atoms with Gasteiger partial charge in [-0.15, -0.1) is 0 Å². The van der Waals surface area contributed by atoms with E-state index >= 15 is 0 Å². The van der Waals surface area contributed by atoms with E-state index in [0.717, 1.165) is 19.4 Å². The molecule has 1 heterocycles. The predicted octanol–water partition coefficient (Wildman–Crippen LogP) is 3.67. The third-order valence-electron chi connectivity index (χ3n) is 4.38. The smallest absolute Gasteiger partial charge is 0.0762 e. The second-order valence-corrected chi connectivity index (χ2v) is 5.88. The maximum Gasteiger partial charge on any atom is 0.0762 e. The van der Waals surface area contributed by atoms with Crippen LogP contribution in [0.3, 0.4) is 0 Å². The van der Waals surface area contributed by atoms with Gasteiger partial charge in [-0.1, -0.05) is 26.7 Å². The first-order chi connectivity index (χ1) is 8.67. The normalized spacial score (nSPS) is 18.7. The van der Waals surface area contributed by atoms with Crippen molar-refractivity contribution in [1.82, 2.24) is 15.1 Å². The Morgan fingerprint density at radius 2 is 2.00 bits per heavy atom. The summed E-state index contributed by atoms with van der Waals surface area (Å²) >= 11 is 0. The molecule has 102 valence electrons. The summed E-state index contributed by atoms with van der Waals surface area (Å²) < 4.78 is 2.13. The highest BCUT2D eigenvalue weighted by Gasteiger charge is 2.27. The van der Waals surface area contributed by atoms with E-state index in [1.54, 1.807) is 0 Å². The maximum atomic E-state index is 4.70. The zero-order chi connectivity index (χ0) is 13.0. The van der Waals surface area contributed by atoms with Gasteiger partial charge in [0.1, 0.15) is 0 Å². The van der Waals surface area contributed by atoms with Gasteiger partial charge in [-0.2, -0.15) is 5.10 Å². The third-order valence-corrected chi connectivity index (χ3v) is 4.38. The number of rotatable bonds is 6. The van der Waals surface area contributed by atoms with Crippen LogP contribution in [0.5, 0.6) is 0 Å². The summed E-state index contributed by atoms with van der Waals surface area (Å²) in [4.78, 5) is 0. The Bertz CT molecular complexity index is 360. The number of nitrogens with one attached hydrogen (secondary N) is 1. The van der Waals surface area contributed by atoms with Crippen molar-refractivity contribution in [1.29, 1.82) is 0 Å². The summed E-state index contributed by atoms with van der Waals surface area (Å²) in [6.45, 7) is 7.71. The van der Waals surface area contributed by atoms with E-state index in [2.05, 4.69) is 43.0 Å². The molecule has 0 aliphatic heterocycles. The summed E-state index contributed by atoms with van der Waals surface area (Å²) in [5.41, 5.74) is 1.52. The fourth-order valence-electron chi connectivity index (χ4n) is 2.97. The highest BCUT2D eigenvalue weighted by molar-refractivity contribution is 5.01. The summed E-state index contributed by atoms with van der Waals surface area (Å²) in [6.07, 6.45) is 9.79. The molecule has 2 rings (SSSR count). The highest BCUT2D eigenvalue weighted by atomic mass is 15.3. The van der Waals surface area contributed by atoms with Crippen molar-refractivity contribution < 1.29 is 0 Å². The van der Waals surface area contributed by atoms with Crippen molar-refractivity contribution in [3.05, 3.63) is 18.0 Å². The lowest BCUT2D eigenvalue weighted by molar-refractivity contribution is 0.357. The predicted molar refractivity (Wildman–Crippen MR) is 75.6 cm³/mol. The van der Waals surface area contributed by atoms with Gasteiger partial charge in [-0.05, 0) is 38.7 Å². The van der Waals surface area contributed by atoms with Gasteiger partial charge in [0.25, 0.3) is 0 Å². The average molecular weight is 249 g/mol. The van der Waals surface area contributed by atoms with Crippen LogP contribution >= 0.6 is 0 Å². The van der Waals surface area contributed by atoms with E-state index in [1.807, 2.05) is 0 Å². The van der Waals surface area contributed by atoms with Crippen LogP contribution in [-0.4, -0.2) is 15.3 Å². The molecule has 1 aromatic rings. The topological polar surface area (TPSA) is 29.9 Å². The monoisotopic (exact) mass is 249 g/mol. The van der Waals surface area contributed by atoms with Gasteiger partial charge < -0.3 is 5.32 Å². The van der Waals surface area contributed by atoms with Crippen molar-refractivity contribution in [3.8, 4) is 0 Å². The molecule has 3 heteroatoms. The van der Waals surface area contributed by atoms with Gasteiger partial charge in [0, 0.05) is 18.3 Å². The summed E-state index contributed by atoms with van der Waals surface area (Å²) in [7, 11) is 0. The van der Waals surface area contributed by atoms with Gasteiger partial charge in [0.2, 0.25) is 0 Å². The molecule has 0 bridgehead atoms. The molecule has 0 radical (unpaired) electrons. The van der Waals surface area contributed by atoms with Crippen LogP contribution in [0.1, 0.15) is 71.0 Å². The van der Waals surface area contributed by atoms with E-state index in [-0.39, 0.29) is 0 Å². The minimum Gasteiger partial charge on any atom is -0.306 e. The van der Waals surface area contributed by atoms with Crippen LogP contribution in [0.2, 0.25) is 0 Å². The second kappa shape index (κ2) is 5.87. The number of hydrogen-bond donors (Lipinski definition) is 1. The largest absolute Gasteiger partial charge is 0.306 e. The van der Waals surface area contributed by atoms with E-state index in [0.29, 0.717) is 11.6 Å². The molecular formula is C15H27N3. The molecule has 1 aliphatic rings. The number of hydrogen-bond acceptors (Lipinski definition) is 2. The first-order valence-corrected chi connectivity index (χ1v) is 7.46. The SMILES string of the molecule is CCC(CC)n1ccc(CNC2(C)CCCC2)n1. The lowest BCUT2D eigenvalue weighted by atomic mass is 10.0. The highest BCUT2D eigenvalue weighted by Crippen LogP contribution is 2.29. The maximum absolute atomic E-state index is 4.70. The lowest BCUT2D eigenvalue weighted by Gasteiger charge is -2.24. The molecule has 0 aromatic carbocycles. The van der Waals surface area contributed by atoms with Crippen LogP contribution in [-0.2, 0) is 6.54 Å². The molecule has 0 unspecified atom stereocenters. The zero-order valence-electron chi connectivity index (χ0n) is 12.1. The third kappa shape index (κ3) is 3.14. The quantitative estimate of drug-likeness (QED) is 0.833. The average Bonchev–Trinajstić information content (AvgIpc) is 2.99. The standard InChI is InChI=1S/C15H27N3/c1-4-14(5-2)18-11-8-13(17-18)12-16-15(3)9-6-7-10-15/h8,11,14,16H,4-7,9-10,12H2,1-3H3. The van der Waals surface area contributed by atoms with E-state index in [9.17, 15) is 0 Å². The van der Waals surface area contributed by atoms with Gasteiger partial charge in [-0.3, -0.25) is 4.68 Å². The Kier molecular flexibility index (Phi) is 4.44. The van der Waals surface area contributed by atoms with E-state index < -0.39 is 0 Å². The Balaban J connectivity index is 1.90. The molecule has 0 atom stereocenters. The molecule has 1 saturated carbocycles. The van der Waals surface area contributed by atoms with Crippen molar-refractivity contribution in [2.45, 2.75) is 77.4 Å².